The van der Waals surface area contributed by atoms with Gasteiger partial charge in [-0.05, 0) is 49.1 Å². The molecule has 334 valence electrons. The molecule has 1 fully saturated rings. The highest BCUT2D eigenvalue weighted by atomic mass is 16.7. The first-order chi connectivity index (χ1) is 29.6. The molecule has 6 atom stereocenters. The number of carbonyl (C=O) groups is 7. The van der Waals surface area contributed by atoms with E-state index in [4.69, 9.17) is 42.6 Å². The standard InChI is InChI=1S/C41H47N3O18/c1-24(45)54-22-34-36(57-25(2)46)37(58-26(3)47)38(59-27(4)48)40(62-34)61-33-17-12-28(21-56-41(51)60-31-15-13-29(14-16-31)44(52)53)20-32(33)39(50)43-19-18-42-35(49)23-55-30-10-8-6-5-7-9-11-30/h12-17,20,30,34,36-38,40H,5-8,10,18-19,21-23H2,1-4H3,(H,42,49)(H,43,50)/t30?,34-,36-,37+,38-,40-/m1/s1. The zero-order chi connectivity index (χ0) is 45.2. The summed E-state index contributed by atoms with van der Waals surface area (Å²) in [7, 11) is 0. The minimum atomic E-state index is -1.71. The number of amides is 2. The Hall–Kier alpha value is -6.79. The molecule has 0 saturated carbocycles. The van der Waals surface area contributed by atoms with Gasteiger partial charge in [-0.1, -0.05) is 18.4 Å². The summed E-state index contributed by atoms with van der Waals surface area (Å²) in [4.78, 5) is 97.8. The van der Waals surface area contributed by atoms with Crippen LogP contribution in [0.5, 0.6) is 11.5 Å². The summed E-state index contributed by atoms with van der Waals surface area (Å²) in [5, 5.41) is 16.3. The fraction of sp³-hybridized carbons (Fsp3) is 0.488. The number of rotatable bonds is 18. The number of nitrogens with one attached hydrogen (secondary N) is 2. The summed E-state index contributed by atoms with van der Waals surface area (Å²) in [5.74, 6) is 1.27. The van der Waals surface area contributed by atoms with E-state index >= 15 is 0 Å². The summed E-state index contributed by atoms with van der Waals surface area (Å²) in [6.07, 6.45) is -4.81. The van der Waals surface area contributed by atoms with Crippen molar-refractivity contribution in [2.24, 2.45) is 0 Å². The van der Waals surface area contributed by atoms with E-state index < -0.39 is 90.7 Å². The van der Waals surface area contributed by atoms with E-state index in [9.17, 15) is 43.7 Å². The number of non-ortho nitro benzene ring substituents is 1. The lowest BCUT2D eigenvalue weighted by molar-refractivity contribution is -0.384. The van der Waals surface area contributed by atoms with Crippen molar-refractivity contribution in [3.8, 4) is 23.3 Å². The summed E-state index contributed by atoms with van der Waals surface area (Å²) >= 11 is 0. The maximum absolute atomic E-state index is 13.8. The van der Waals surface area contributed by atoms with Gasteiger partial charge >= 0.3 is 30.0 Å². The van der Waals surface area contributed by atoms with Crippen LogP contribution in [0.1, 0.15) is 75.7 Å². The smallest absolute Gasteiger partial charge is 0.463 e. The van der Waals surface area contributed by atoms with E-state index in [0.29, 0.717) is 6.42 Å². The molecule has 0 bridgehead atoms. The minimum absolute atomic E-state index is 0.0164. The summed E-state index contributed by atoms with van der Waals surface area (Å²) < 4.78 is 49.6. The third-order valence-corrected chi connectivity index (χ3v) is 8.76. The first-order valence-corrected chi connectivity index (χ1v) is 19.4. The zero-order valence-electron chi connectivity index (χ0n) is 34.4. The highest BCUT2D eigenvalue weighted by Crippen LogP contribution is 2.33. The van der Waals surface area contributed by atoms with Gasteiger partial charge in [0.05, 0.1) is 10.5 Å². The van der Waals surface area contributed by atoms with Gasteiger partial charge in [-0.3, -0.25) is 38.9 Å². The summed E-state index contributed by atoms with van der Waals surface area (Å²) in [6.45, 7) is 2.94. The monoisotopic (exact) mass is 869 g/mol. The molecule has 1 heterocycles. The number of esters is 4. The van der Waals surface area contributed by atoms with Crippen LogP contribution in [0.15, 0.2) is 42.5 Å². The Morgan fingerprint density at radius 3 is 2.16 bits per heavy atom. The van der Waals surface area contributed by atoms with Crippen molar-refractivity contribution in [1.82, 2.24) is 10.6 Å². The van der Waals surface area contributed by atoms with Crippen molar-refractivity contribution >= 4 is 47.5 Å². The van der Waals surface area contributed by atoms with Crippen LogP contribution >= 0.6 is 0 Å². The molecule has 4 rings (SSSR count). The van der Waals surface area contributed by atoms with Crippen LogP contribution in [-0.2, 0) is 63.7 Å². The van der Waals surface area contributed by atoms with E-state index in [1.165, 1.54) is 30.3 Å². The van der Waals surface area contributed by atoms with Crippen LogP contribution in [0, 0.1) is 22.0 Å². The molecule has 1 saturated heterocycles. The van der Waals surface area contributed by atoms with Gasteiger partial charge in [0.15, 0.2) is 12.2 Å². The Bertz CT molecular complexity index is 2010. The van der Waals surface area contributed by atoms with Gasteiger partial charge in [-0.15, -0.1) is 5.92 Å². The van der Waals surface area contributed by atoms with Crippen molar-refractivity contribution in [2.75, 3.05) is 26.3 Å². The van der Waals surface area contributed by atoms with Gasteiger partial charge in [-0.25, -0.2) is 4.79 Å². The van der Waals surface area contributed by atoms with Crippen LogP contribution in [0.4, 0.5) is 10.5 Å². The first kappa shape index (κ1) is 47.9. The first-order valence-electron chi connectivity index (χ1n) is 19.4. The van der Waals surface area contributed by atoms with Crippen molar-refractivity contribution in [1.29, 1.82) is 0 Å². The molecule has 1 aliphatic carbocycles. The third kappa shape index (κ3) is 15.7. The molecule has 0 radical (unpaired) electrons. The quantitative estimate of drug-likeness (QED) is 0.0414. The zero-order valence-corrected chi connectivity index (χ0v) is 34.4. The van der Waals surface area contributed by atoms with Gasteiger partial charge < -0.3 is 53.3 Å². The van der Waals surface area contributed by atoms with Gasteiger partial charge in [0.2, 0.25) is 18.3 Å². The Morgan fingerprint density at radius 1 is 0.806 bits per heavy atom. The van der Waals surface area contributed by atoms with Crippen molar-refractivity contribution in [2.45, 2.75) is 103 Å². The number of nitrogens with zero attached hydrogens (tertiary/aromatic N) is 1. The molecular formula is C41H47N3O18. The van der Waals surface area contributed by atoms with Gasteiger partial charge in [0.1, 0.15) is 43.5 Å². The maximum Gasteiger partial charge on any atom is 0.514 e. The second-order valence-electron chi connectivity index (χ2n) is 13.7. The predicted octanol–water partition coefficient (Wildman–Crippen LogP) is 2.97. The molecule has 2 aliphatic rings. The van der Waals surface area contributed by atoms with Crippen molar-refractivity contribution in [3.05, 3.63) is 63.7 Å². The summed E-state index contributed by atoms with van der Waals surface area (Å²) in [6, 6.07) is 8.64. The number of benzene rings is 2. The van der Waals surface area contributed by atoms with E-state index in [2.05, 4.69) is 22.5 Å². The fourth-order valence-corrected chi connectivity index (χ4v) is 6.06. The van der Waals surface area contributed by atoms with Crippen LogP contribution in [0.25, 0.3) is 0 Å². The third-order valence-electron chi connectivity index (χ3n) is 8.76. The lowest BCUT2D eigenvalue weighted by Crippen LogP contribution is -2.63. The molecule has 0 spiro atoms. The Balaban J connectivity index is 1.56. The van der Waals surface area contributed by atoms with Gasteiger partial charge in [0.25, 0.3) is 11.6 Å². The largest absolute Gasteiger partial charge is 0.514 e. The maximum atomic E-state index is 13.8. The Morgan fingerprint density at radius 2 is 1.48 bits per heavy atom. The van der Waals surface area contributed by atoms with Crippen LogP contribution in [-0.4, -0.2) is 110 Å². The van der Waals surface area contributed by atoms with Crippen LogP contribution < -0.4 is 20.1 Å². The number of ether oxygens (including phenoxy) is 9. The Labute approximate surface area is 355 Å². The molecule has 1 unspecified atom stereocenters. The molecule has 0 aromatic heterocycles. The topological polar surface area (TPSA) is 270 Å². The molecule has 2 aromatic carbocycles. The molecule has 2 aromatic rings. The highest BCUT2D eigenvalue weighted by Gasteiger charge is 2.53. The number of nitro groups is 1. The van der Waals surface area contributed by atoms with E-state index in [-0.39, 0.29) is 54.1 Å². The Kier molecular flexibility index (Phi) is 18.4. The summed E-state index contributed by atoms with van der Waals surface area (Å²) in [5.41, 5.74) is -0.192. The molecule has 21 nitrogen and oxygen atoms in total. The lowest BCUT2D eigenvalue weighted by Gasteiger charge is -2.44. The van der Waals surface area contributed by atoms with E-state index in [1.807, 2.05) is 0 Å². The van der Waals surface area contributed by atoms with Gasteiger partial charge in [-0.2, -0.15) is 0 Å². The SMILES string of the molecule is CC(=O)OC[C@H]1O[C@@H](Oc2ccc(COC(=O)Oc3ccc([N+](=O)[O-])cc3)cc2C(=O)NCCNC(=O)COC2C#CCCCCC2)[C@H](OC(C)=O)[C@@H](OC(C)=O)[C@@H]1OC(C)=O. The molecule has 21 heteroatoms. The second-order valence-corrected chi connectivity index (χ2v) is 13.7. The average molecular weight is 870 g/mol. The predicted molar refractivity (Wildman–Crippen MR) is 209 cm³/mol. The molecule has 62 heavy (non-hydrogen) atoms. The number of carbonyl (C=O) groups excluding carboxylic acids is 7. The molecule has 2 amide bonds. The molecular weight excluding hydrogens is 822 g/mol. The number of hydrogen-bond acceptors (Lipinski definition) is 18. The van der Waals surface area contributed by atoms with Crippen molar-refractivity contribution in [3.63, 3.8) is 0 Å². The normalized spacial score (nSPS) is 20.5. The average Bonchev–Trinajstić information content (AvgIpc) is 3.19. The van der Waals surface area contributed by atoms with Crippen molar-refractivity contribution < 1.29 is 81.1 Å². The second kappa shape index (κ2) is 23.9. The fourth-order valence-electron chi connectivity index (χ4n) is 6.06. The van der Waals surface area contributed by atoms with Crippen LogP contribution in [0.2, 0.25) is 0 Å². The van der Waals surface area contributed by atoms with E-state index in [0.717, 1.165) is 65.5 Å². The van der Waals surface area contributed by atoms with Crippen LogP contribution in [0.3, 0.4) is 0 Å². The lowest BCUT2D eigenvalue weighted by atomic mass is 9.98. The minimum Gasteiger partial charge on any atom is -0.463 e. The number of hydrogen-bond donors (Lipinski definition) is 2. The molecule has 1 aliphatic heterocycles. The highest BCUT2D eigenvalue weighted by molar-refractivity contribution is 5.97. The van der Waals surface area contributed by atoms with E-state index in [1.54, 1.807) is 0 Å². The molecule has 2 N–H and O–H groups in total. The number of nitro benzene ring substituents is 1. The van der Waals surface area contributed by atoms with Gasteiger partial charge in [0, 0.05) is 59.3 Å².